The zero-order chi connectivity index (χ0) is 13.5. The summed E-state index contributed by atoms with van der Waals surface area (Å²) in [7, 11) is 1.64. The smallest absolute Gasteiger partial charge is 0.224 e. The molecule has 1 N–H and O–H groups in total. The normalized spacial score (nSPS) is 13.8. The van der Waals surface area contributed by atoms with Crippen molar-refractivity contribution in [2.75, 3.05) is 38.9 Å². The molecule has 19 heavy (non-hydrogen) atoms. The Kier molecular flexibility index (Phi) is 5.18. The lowest BCUT2D eigenvalue weighted by molar-refractivity contribution is -0.116. The average molecular weight is 265 g/mol. The monoisotopic (exact) mass is 265 g/mol. The fourth-order valence-electron chi connectivity index (χ4n) is 1.90. The van der Waals surface area contributed by atoms with Crippen LogP contribution in [0.3, 0.4) is 0 Å². The molecule has 1 aromatic carbocycles. The van der Waals surface area contributed by atoms with Gasteiger partial charge in [-0.2, -0.15) is 0 Å². The summed E-state index contributed by atoms with van der Waals surface area (Å²) in [5, 5.41) is 2.85. The van der Waals surface area contributed by atoms with Gasteiger partial charge in [0.1, 0.15) is 12.4 Å². The predicted octanol–water partition coefficient (Wildman–Crippen LogP) is 1.61. The van der Waals surface area contributed by atoms with E-state index in [1.165, 1.54) is 0 Å². The van der Waals surface area contributed by atoms with E-state index in [-0.39, 0.29) is 5.91 Å². The summed E-state index contributed by atoms with van der Waals surface area (Å²) in [5.41, 5.74) is 2.01. The molecule has 5 heteroatoms. The van der Waals surface area contributed by atoms with Crippen LogP contribution in [0.2, 0.25) is 0 Å². The minimum atomic E-state index is 0.0625. The van der Waals surface area contributed by atoms with Crippen LogP contribution in [-0.2, 0) is 20.7 Å². The molecular weight excluding hydrogens is 246 g/mol. The molecule has 0 atom stereocenters. The van der Waals surface area contributed by atoms with Crippen molar-refractivity contribution >= 4 is 11.6 Å². The first-order chi connectivity index (χ1) is 9.29. The molecule has 0 saturated carbocycles. The highest BCUT2D eigenvalue weighted by molar-refractivity contribution is 5.94. The Balaban J connectivity index is 1.78. The molecule has 1 amide bonds. The van der Waals surface area contributed by atoms with Gasteiger partial charge in [0.15, 0.2) is 0 Å². The van der Waals surface area contributed by atoms with Crippen molar-refractivity contribution in [1.29, 1.82) is 0 Å². The Hall–Kier alpha value is -1.59. The Labute approximate surface area is 112 Å². The van der Waals surface area contributed by atoms with Gasteiger partial charge in [-0.1, -0.05) is 6.07 Å². The van der Waals surface area contributed by atoms with Crippen molar-refractivity contribution < 1.29 is 19.0 Å². The molecule has 0 bridgehead atoms. The Morgan fingerprint density at radius 2 is 2.00 bits per heavy atom. The maximum atomic E-state index is 11.3. The van der Waals surface area contributed by atoms with E-state index in [2.05, 4.69) is 5.32 Å². The van der Waals surface area contributed by atoms with E-state index >= 15 is 0 Å². The first-order valence-corrected chi connectivity index (χ1v) is 6.42. The lowest BCUT2D eigenvalue weighted by Gasteiger charge is -2.17. The zero-order valence-electron chi connectivity index (χ0n) is 11.1. The second-order valence-electron chi connectivity index (χ2n) is 4.32. The van der Waals surface area contributed by atoms with Gasteiger partial charge in [0.25, 0.3) is 0 Å². The molecule has 0 saturated heterocycles. The van der Waals surface area contributed by atoms with E-state index in [9.17, 15) is 4.79 Å². The molecule has 0 fully saturated rings. The highest BCUT2D eigenvalue weighted by Gasteiger charge is 2.14. The predicted molar refractivity (Wildman–Crippen MR) is 71.6 cm³/mol. The van der Waals surface area contributed by atoms with Crippen molar-refractivity contribution in [2.24, 2.45) is 0 Å². The van der Waals surface area contributed by atoms with E-state index in [0.29, 0.717) is 32.8 Å². The van der Waals surface area contributed by atoms with Crippen LogP contribution in [0.5, 0.6) is 5.75 Å². The zero-order valence-corrected chi connectivity index (χ0v) is 11.1. The number of methoxy groups -OCH3 is 1. The molecule has 1 aliphatic heterocycles. The Morgan fingerprint density at radius 3 is 2.84 bits per heavy atom. The maximum absolute atomic E-state index is 11.3. The number of carbonyl (C=O) groups excluding carboxylic acids is 1. The molecule has 0 aromatic heterocycles. The molecule has 1 heterocycles. The second-order valence-corrected chi connectivity index (χ2v) is 4.32. The van der Waals surface area contributed by atoms with Gasteiger partial charge in [-0.3, -0.25) is 4.79 Å². The van der Waals surface area contributed by atoms with Crippen molar-refractivity contribution in [3.05, 3.63) is 23.8 Å². The van der Waals surface area contributed by atoms with Crippen LogP contribution in [0, 0.1) is 0 Å². The SMILES string of the molecule is COCCOCCOc1ccc2c(c1)NC(=O)CC2. The maximum Gasteiger partial charge on any atom is 0.224 e. The van der Waals surface area contributed by atoms with Gasteiger partial charge < -0.3 is 19.5 Å². The van der Waals surface area contributed by atoms with E-state index in [1.54, 1.807) is 7.11 Å². The number of amides is 1. The molecule has 0 spiro atoms. The second kappa shape index (κ2) is 7.11. The highest BCUT2D eigenvalue weighted by atomic mass is 16.5. The quantitative estimate of drug-likeness (QED) is 0.761. The fourth-order valence-corrected chi connectivity index (χ4v) is 1.90. The van der Waals surface area contributed by atoms with Crippen molar-refractivity contribution in [1.82, 2.24) is 0 Å². The number of rotatable bonds is 7. The van der Waals surface area contributed by atoms with Gasteiger partial charge in [-0.15, -0.1) is 0 Å². The number of carbonyl (C=O) groups is 1. The molecule has 5 nitrogen and oxygen atoms in total. The van der Waals surface area contributed by atoms with Gasteiger partial charge in [0, 0.05) is 25.3 Å². The third kappa shape index (κ3) is 4.22. The molecule has 1 aliphatic rings. The van der Waals surface area contributed by atoms with E-state index in [4.69, 9.17) is 14.2 Å². The molecule has 0 unspecified atom stereocenters. The summed E-state index contributed by atoms with van der Waals surface area (Å²) in [6.07, 6.45) is 1.35. The van der Waals surface area contributed by atoms with Crippen molar-refractivity contribution in [3.63, 3.8) is 0 Å². The molecule has 0 aliphatic carbocycles. The largest absolute Gasteiger partial charge is 0.491 e. The number of nitrogens with one attached hydrogen (secondary N) is 1. The lowest BCUT2D eigenvalue weighted by Crippen LogP contribution is -2.19. The summed E-state index contributed by atoms with van der Waals surface area (Å²) in [6, 6.07) is 5.78. The average Bonchev–Trinajstić information content (AvgIpc) is 2.42. The minimum Gasteiger partial charge on any atom is -0.491 e. The third-order valence-electron chi connectivity index (χ3n) is 2.91. The summed E-state index contributed by atoms with van der Waals surface area (Å²) in [5.74, 6) is 0.809. The van der Waals surface area contributed by atoms with Gasteiger partial charge in [-0.25, -0.2) is 0 Å². The van der Waals surface area contributed by atoms with Crippen LogP contribution in [0.25, 0.3) is 0 Å². The van der Waals surface area contributed by atoms with Crippen LogP contribution in [0.1, 0.15) is 12.0 Å². The van der Waals surface area contributed by atoms with Gasteiger partial charge in [-0.05, 0) is 18.1 Å². The van der Waals surface area contributed by atoms with E-state index in [1.807, 2.05) is 18.2 Å². The van der Waals surface area contributed by atoms with Gasteiger partial charge in [0.05, 0.1) is 19.8 Å². The fraction of sp³-hybridized carbons (Fsp3) is 0.500. The number of fused-ring (bicyclic) bond motifs is 1. The summed E-state index contributed by atoms with van der Waals surface area (Å²) < 4.78 is 15.7. The van der Waals surface area contributed by atoms with E-state index < -0.39 is 0 Å². The standard InChI is InChI=1S/C14H19NO4/c1-17-6-7-18-8-9-19-12-4-2-11-3-5-14(16)15-13(11)10-12/h2,4,10H,3,5-9H2,1H3,(H,15,16). The topological polar surface area (TPSA) is 56.8 Å². The number of benzene rings is 1. The van der Waals surface area contributed by atoms with Crippen molar-refractivity contribution in [3.8, 4) is 5.75 Å². The first kappa shape index (κ1) is 13.8. The minimum absolute atomic E-state index is 0.0625. The summed E-state index contributed by atoms with van der Waals surface area (Å²) in [6.45, 7) is 2.16. The van der Waals surface area contributed by atoms with Crippen LogP contribution in [0.15, 0.2) is 18.2 Å². The molecular formula is C14H19NO4. The van der Waals surface area contributed by atoms with Crippen molar-refractivity contribution in [2.45, 2.75) is 12.8 Å². The van der Waals surface area contributed by atoms with Crippen LogP contribution in [-0.4, -0.2) is 39.4 Å². The summed E-state index contributed by atoms with van der Waals surface area (Å²) in [4.78, 5) is 11.3. The Morgan fingerprint density at radius 1 is 1.16 bits per heavy atom. The molecule has 1 aromatic rings. The third-order valence-corrected chi connectivity index (χ3v) is 2.91. The summed E-state index contributed by atoms with van der Waals surface area (Å²) >= 11 is 0. The number of hydrogen-bond donors (Lipinski definition) is 1. The number of hydrogen-bond acceptors (Lipinski definition) is 4. The molecule has 104 valence electrons. The highest BCUT2D eigenvalue weighted by Crippen LogP contribution is 2.26. The number of anilines is 1. The number of ether oxygens (including phenoxy) is 3. The first-order valence-electron chi connectivity index (χ1n) is 6.42. The van der Waals surface area contributed by atoms with Crippen LogP contribution >= 0.6 is 0 Å². The van der Waals surface area contributed by atoms with Crippen LogP contribution in [0.4, 0.5) is 5.69 Å². The number of aryl methyl sites for hydroxylation is 1. The van der Waals surface area contributed by atoms with Gasteiger partial charge in [0.2, 0.25) is 5.91 Å². The van der Waals surface area contributed by atoms with Crippen LogP contribution < -0.4 is 10.1 Å². The Bertz CT molecular complexity index is 433. The van der Waals surface area contributed by atoms with E-state index in [0.717, 1.165) is 23.4 Å². The van der Waals surface area contributed by atoms with Gasteiger partial charge >= 0.3 is 0 Å². The lowest BCUT2D eigenvalue weighted by atomic mass is 10.0. The molecule has 2 rings (SSSR count). The molecule has 0 radical (unpaired) electrons.